The van der Waals surface area contributed by atoms with Crippen molar-refractivity contribution in [1.29, 1.82) is 0 Å². The number of nitrogens with zero attached hydrogens (tertiary/aromatic N) is 2. The molecule has 2 aromatic rings. The van der Waals surface area contributed by atoms with E-state index in [0.29, 0.717) is 30.6 Å². The van der Waals surface area contributed by atoms with E-state index in [1.165, 1.54) is 6.33 Å². The molecule has 0 radical (unpaired) electrons. The van der Waals surface area contributed by atoms with Gasteiger partial charge in [-0.05, 0) is 56.2 Å². The lowest BCUT2D eigenvalue weighted by Gasteiger charge is -2.22. The van der Waals surface area contributed by atoms with Gasteiger partial charge in [0.2, 0.25) is 5.13 Å². The van der Waals surface area contributed by atoms with Crippen LogP contribution in [0.25, 0.3) is 0 Å². The maximum atomic E-state index is 14.6. The second kappa shape index (κ2) is 9.09. The molecule has 1 aliphatic rings. The number of rotatable bonds is 10. The average Bonchev–Trinajstić information content (AvgIpc) is 3.22. The van der Waals surface area contributed by atoms with Crippen LogP contribution in [-0.4, -0.2) is 36.9 Å². The first-order chi connectivity index (χ1) is 13.7. The van der Waals surface area contributed by atoms with E-state index in [-0.39, 0.29) is 22.1 Å². The highest BCUT2D eigenvalue weighted by Crippen LogP contribution is 2.42. The van der Waals surface area contributed by atoms with Gasteiger partial charge in [-0.25, -0.2) is 17.8 Å². The largest absolute Gasteiger partial charge is 0.383 e. The van der Waals surface area contributed by atoms with Crippen LogP contribution >= 0.6 is 23.1 Å². The number of hydrogen-bond donors (Lipinski definition) is 4. The summed E-state index contributed by atoms with van der Waals surface area (Å²) in [4.78, 5) is 3.17. The molecule has 1 aromatic heterocycles. The minimum Gasteiger partial charge on any atom is -0.383 e. The molecule has 1 heterocycles. The topological polar surface area (TPSA) is 136 Å². The van der Waals surface area contributed by atoms with Crippen LogP contribution < -0.4 is 21.5 Å². The lowest BCUT2D eigenvalue weighted by atomic mass is 9.94. The van der Waals surface area contributed by atoms with E-state index in [1.807, 2.05) is 6.92 Å². The van der Waals surface area contributed by atoms with Crippen molar-refractivity contribution in [2.75, 3.05) is 23.1 Å². The van der Waals surface area contributed by atoms with Gasteiger partial charge in [-0.15, -0.1) is 0 Å². The van der Waals surface area contributed by atoms with Gasteiger partial charge in [-0.2, -0.15) is 4.37 Å². The van der Waals surface area contributed by atoms with E-state index < -0.39 is 20.7 Å². The van der Waals surface area contributed by atoms with Crippen LogP contribution in [0.15, 0.2) is 23.4 Å². The fourth-order valence-electron chi connectivity index (χ4n) is 3.26. The molecule has 1 aliphatic carbocycles. The van der Waals surface area contributed by atoms with Crippen molar-refractivity contribution >= 4 is 44.0 Å². The lowest BCUT2D eigenvalue weighted by molar-refractivity contribution is 0.400. The van der Waals surface area contributed by atoms with Gasteiger partial charge in [0.05, 0.1) is 10.7 Å². The molecule has 4 atom stereocenters. The van der Waals surface area contributed by atoms with Crippen molar-refractivity contribution in [3.63, 3.8) is 0 Å². The van der Waals surface area contributed by atoms with Gasteiger partial charge in [0.15, 0.2) is 0 Å². The lowest BCUT2D eigenvalue weighted by Crippen LogP contribution is -2.32. The summed E-state index contributed by atoms with van der Waals surface area (Å²) in [5, 5.41) is 3.24. The summed E-state index contributed by atoms with van der Waals surface area (Å²) in [6.45, 7) is 3.12. The zero-order valence-electron chi connectivity index (χ0n) is 15.8. The molecule has 3 rings (SSSR count). The molecule has 29 heavy (non-hydrogen) atoms. The van der Waals surface area contributed by atoms with Crippen molar-refractivity contribution in [2.45, 2.75) is 30.7 Å². The summed E-state index contributed by atoms with van der Waals surface area (Å²) in [6, 6.07) is 2.10. The average molecular weight is 463 g/mol. The smallest absolute Gasteiger partial charge is 0.266 e. The Morgan fingerprint density at radius 3 is 2.76 bits per heavy atom. The van der Waals surface area contributed by atoms with Gasteiger partial charge in [0.25, 0.3) is 10.0 Å². The molecule has 0 spiro atoms. The minimum absolute atomic E-state index is 0.0401. The van der Waals surface area contributed by atoms with Crippen molar-refractivity contribution in [3.05, 3.63) is 29.3 Å². The normalized spacial score (nSPS) is 20.9. The fourth-order valence-corrected chi connectivity index (χ4v) is 5.30. The van der Waals surface area contributed by atoms with Crippen LogP contribution in [0, 0.1) is 23.6 Å². The Balaban J connectivity index is 1.70. The number of sulfonamides is 1. The van der Waals surface area contributed by atoms with Crippen molar-refractivity contribution in [3.8, 4) is 0 Å². The van der Waals surface area contributed by atoms with E-state index >= 15 is 0 Å². The molecule has 1 aromatic carbocycles. The molecule has 6 N–H and O–H groups in total. The van der Waals surface area contributed by atoms with Crippen molar-refractivity contribution < 1.29 is 12.8 Å². The van der Waals surface area contributed by atoms with Crippen LogP contribution in [0.3, 0.4) is 0 Å². The number of anilines is 2. The minimum atomic E-state index is -4.18. The molecule has 12 heteroatoms. The summed E-state index contributed by atoms with van der Waals surface area (Å²) in [5.74, 6) is 0.376. The number of hydrogen-bond acceptors (Lipinski definition) is 8. The van der Waals surface area contributed by atoms with Gasteiger partial charge >= 0.3 is 0 Å². The fraction of sp³-hybridized carbons (Fsp3) is 0.529. The van der Waals surface area contributed by atoms with Crippen molar-refractivity contribution in [2.24, 2.45) is 29.2 Å². The molecule has 0 bridgehead atoms. The Labute approximate surface area is 178 Å². The predicted molar refractivity (Wildman–Crippen MR) is 113 cm³/mol. The highest BCUT2D eigenvalue weighted by Gasteiger charge is 2.37. The molecule has 160 valence electrons. The summed E-state index contributed by atoms with van der Waals surface area (Å²) < 4.78 is 45.3. The third-order valence-corrected chi connectivity index (χ3v) is 7.55. The number of halogens is 2. The number of nitrogens with one attached hydrogen (secondary N) is 2. The van der Waals surface area contributed by atoms with Crippen LogP contribution in [0.1, 0.15) is 19.8 Å². The molecule has 1 fully saturated rings. The third kappa shape index (κ3) is 5.54. The molecule has 8 nitrogen and oxygen atoms in total. The first kappa shape index (κ1) is 22.2. The standard InChI is InChI=1S/C17H24ClFN6O2S2/c1-9(21)12(3-10-2-11(10)6-20)7-22-15-5-14(19)16(4-13(15)18)29(26,27)25-17-23-8-24-28-17/h4-5,8-12,22H,2-3,6-7,20-21H2,1H3,(H,23,24,25)/t9-,10+,11-,12+/m1/s1. The van der Waals surface area contributed by atoms with E-state index in [4.69, 9.17) is 23.1 Å². The molecular formula is C17H24ClFN6O2S2. The highest BCUT2D eigenvalue weighted by molar-refractivity contribution is 7.93. The van der Waals surface area contributed by atoms with Crippen LogP contribution in [0.2, 0.25) is 5.02 Å². The molecule has 0 aliphatic heterocycles. The molecule has 1 saturated carbocycles. The maximum Gasteiger partial charge on any atom is 0.266 e. The Kier molecular flexibility index (Phi) is 6.94. The zero-order valence-corrected chi connectivity index (χ0v) is 18.2. The van der Waals surface area contributed by atoms with Gasteiger partial charge in [0.1, 0.15) is 17.0 Å². The Bertz CT molecular complexity index is 942. The van der Waals surface area contributed by atoms with Crippen LogP contribution in [0.4, 0.5) is 15.2 Å². The first-order valence-corrected chi connectivity index (χ1v) is 11.8. The van der Waals surface area contributed by atoms with Gasteiger partial charge in [-0.1, -0.05) is 11.6 Å². The van der Waals surface area contributed by atoms with Gasteiger partial charge in [-0.3, -0.25) is 4.72 Å². The van der Waals surface area contributed by atoms with E-state index in [0.717, 1.165) is 36.5 Å². The molecule has 0 amide bonds. The second-order valence-electron chi connectivity index (χ2n) is 7.34. The monoisotopic (exact) mass is 462 g/mol. The SMILES string of the molecule is C[C@@H](N)[C@H](CNc1cc(F)c(S(=O)(=O)Nc2ncns2)cc1Cl)C[C@@H]1C[C@@H]1CN. The predicted octanol–water partition coefficient (Wildman–Crippen LogP) is 2.49. The number of nitrogens with two attached hydrogens (primary N) is 2. The zero-order chi connectivity index (χ0) is 21.2. The van der Waals surface area contributed by atoms with Crippen LogP contribution in [0.5, 0.6) is 0 Å². The Morgan fingerprint density at radius 2 is 2.17 bits per heavy atom. The van der Waals surface area contributed by atoms with Gasteiger partial charge < -0.3 is 16.8 Å². The Hall–Kier alpha value is -1.53. The first-order valence-electron chi connectivity index (χ1n) is 9.19. The van der Waals surface area contributed by atoms with Crippen LogP contribution in [-0.2, 0) is 10.0 Å². The van der Waals surface area contributed by atoms with E-state index in [9.17, 15) is 12.8 Å². The second-order valence-corrected chi connectivity index (χ2v) is 10.2. The van der Waals surface area contributed by atoms with E-state index in [2.05, 4.69) is 19.4 Å². The van der Waals surface area contributed by atoms with E-state index in [1.54, 1.807) is 0 Å². The summed E-state index contributed by atoms with van der Waals surface area (Å²) in [7, 11) is -4.18. The summed E-state index contributed by atoms with van der Waals surface area (Å²) in [6.07, 6.45) is 3.25. The Morgan fingerprint density at radius 1 is 1.41 bits per heavy atom. The quantitative estimate of drug-likeness (QED) is 0.425. The highest BCUT2D eigenvalue weighted by atomic mass is 35.5. The van der Waals surface area contributed by atoms with Gasteiger partial charge in [0, 0.05) is 24.1 Å². The molecule has 0 unspecified atom stereocenters. The molecule has 0 saturated heterocycles. The number of aromatic nitrogens is 2. The molecular weight excluding hydrogens is 439 g/mol. The maximum absolute atomic E-state index is 14.6. The number of benzene rings is 1. The third-order valence-electron chi connectivity index (χ3n) is 5.17. The van der Waals surface area contributed by atoms with Crippen molar-refractivity contribution in [1.82, 2.24) is 9.36 Å². The summed E-state index contributed by atoms with van der Waals surface area (Å²) in [5.41, 5.74) is 12.1. The summed E-state index contributed by atoms with van der Waals surface area (Å²) >= 11 is 7.07.